The van der Waals surface area contributed by atoms with Crippen molar-refractivity contribution in [2.24, 2.45) is 5.41 Å². The zero-order chi connectivity index (χ0) is 11.5. The Bertz CT molecular complexity index is 332. The summed E-state index contributed by atoms with van der Waals surface area (Å²) in [5.74, 6) is -1.20. The summed E-state index contributed by atoms with van der Waals surface area (Å²) in [6, 6.07) is 0.826. The van der Waals surface area contributed by atoms with Gasteiger partial charge in [0.1, 0.15) is 5.82 Å². The average molecular weight is 214 g/mol. The van der Waals surface area contributed by atoms with Crippen molar-refractivity contribution >= 4 is 5.82 Å². The van der Waals surface area contributed by atoms with Gasteiger partial charge in [-0.15, -0.1) is 0 Å². The Morgan fingerprint density at radius 1 is 1.33 bits per heavy atom. The molecule has 0 aliphatic heterocycles. The van der Waals surface area contributed by atoms with Crippen LogP contribution >= 0.6 is 0 Å². The Labute approximate surface area is 88.7 Å². The van der Waals surface area contributed by atoms with Crippen LogP contribution in [0.4, 0.5) is 14.6 Å². The molecule has 0 saturated heterocycles. The smallest absolute Gasteiger partial charge is 0.168 e. The second kappa shape index (κ2) is 4.55. The van der Waals surface area contributed by atoms with Gasteiger partial charge < -0.3 is 5.32 Å². The van der Waals surface area contributed by atoms with Gasteiger partial charge in [0.05, 0.1) is 6.20 Å². The topological polar surface area (TPSA) is 24.9 Å². The van der Waals surface area contributed by atoms with Crippen molar-refractivity contribution in [3.63, 3.8) is 0 Å². The summed E-state index contributed by atoms with van der Waals surface area (Å²) in [4.78, 5) is 3.64. The van der Waals surface area contributed by atoms with Gasteiger partial charge in [-0.05, 0) is 11.8 Å². The predicted molar refractivity (Wildman–Crippen MR) is 56.7 cm³/mol. The van der Waals surface area contributed by atoms with Gasteiger partial charge in [0, 0.05) is 12.6 Å². The summed E-state index contributed by atoms with van der Waals surface area (Å²) < 4.78 is 25.6. The van der Waals surface area contributed by atoms with Crippen molar-refractivity contribution in [3.8, 4) is 0 Å². The molecule has 84 valence electrons. The fraction of sp³-hybridized carbons (Fsp3) is 0.545. The van der Waals surface area contributed by atoms with Crippen molar-refractivity contribution in [1.29, 1.82) is 0 Å². The van der Waals surface area contributed by atoms with Gasteiger partial charge in [0.25, 0.3) is 0 Å². The summed E-state index contributed by atoms with van der Waals surface area (Å²) in [7, 11) is 0. The number of nitrogens with one attached hydrogen (secondary N) is 1. The van der Waals surface area contributed by atoms with Crippen LogP contribution in [0.5, 0.6) is 0 Å². The van der Waals surface area contributed by atoms with Gasteiger partial charge in [-0.1, -0.05) is 20.8 Å². The normalized spacial score (nSPS) is 11.5. The van der Waals surface area contributed by atoms with Gasteiger partial charge in [0.15, 0.2) is 11.6 Å². The number of hydrogen-bond donors (Lipinski definition) is 1. The van der Waals surface area contributed by atoms with Crippen LogP contribution in [0.2, 0.25) is 0 Å². The van der Waals surface area contributed by atoms with E-state index in [1.165, 1.54) is 0 Å². The van der Waals surface area contributed by atoms with Crippen LogP contribution in [0.3, 0.4) is 0 Å². The molecule has 0 aromatic carbocycles. The summed E-state index contributed by atoms with van der Waals surface area (Å²) in [6.45, 7) is 6.93. The van der Waals surface area contributed by atoms with Crippen LogP contribution in [0.1, 0.15) is 27.2 Å². The minimum Gasteiger partial charge on any atom is -0.368 e. The number of rotatable bonds is 3. The first-order valence-electron chi connectivity index (χ1n) is 4.93. The monoisotopic (exact) mass is 214 g/mol. The fourth-order valence-corrected chi connectivity index (χ4v) is 1.10. The Balaban J connectivity index is 2.51. The Kier molecular flexibility index (Phi) is 3.61. The van der Waals surface area contributed by atoms with Crippen LogP contribution in [0.15, 0.2) is 12.3 Å². The average Bonchev–Trinajstić information content (AvgIpc) is 2.07. The van der Waals surface area contributed by atoms with E-state index in [0.29, 0.717) is 6.54 Å². The second-order valence-electron chi connectivity index (χ2n) is 4.72. The molecule has 0 atom stereocenters. The molecule has 1 aromatic rings. The third-order valence-electron chi connectivity index (χ3n) is 1.98. The van der Waals surface area contributed by atoms with Gasteiger partial charge in [-0.3, -0.25) is 0 Å². The first-order chi connectivity index (χ1) is 6.88. The summed E-state index contributed by atoms with van der Waals surface area (Å²) in [6.07, 6.45) is 1.90. The molecule has 0 saturated carbocycles. The molecule has 0 amide bonds. The number of pyridine rings is 1. The van der Waals surface area contributed by atoms with Crippen LogP contribution in [-0.4, -0.2) is 11.5 Å². The molecule has 0 bridgehead atoms. The summed E-state index contributed by atoms with van der Waals surface area (Å²) in [5.41, 5.74) is 0.184. The lowest BCUT2D eigenvalue weighted by atomic mass is 9.92. The third kappa shape index (κ3) is 4.23. The SMILES string of the molecule is CC(C)(C)CCNc1ncc(F)cc1F. The Morgan fingerprint density at radius 2 is 2.00 bits per heavy atom. The molecule has 0 aliphatic rings. The lowest BCUT2D eigenvalue weighted by molar-refractivity contribution is 0.389. The number of hydrogen-bond acceptors (Lipinski definition) is 2. The molecule has 0 fully saturated rings. The van der Waals surface area contributed by atoms with Gasteiger partial charge in [-0.25, -0.2) is 13.8 Å². The molecule has 4 heteroatoms. The number of halogens is 2. The standard InChI is InChI=1S/C11H16F2N2/c1-11(2,3)4-5-14-10-9(13)6-8(12)7-15-10/h6-7H,4-5H2,1-3H3,(H,14,15). The molecule has 0 unspecified atom stereocenters. The van der Waals surface area contributed by atoms with E-state index in [1.807, 2.05) is 0 Å². The van der Waals surface area contributed by atoms with Crippen molar-refractivity contribution in [3.05, 3.63) is 23.9 Å². The first-order valence-corrected chi connectivity index (χ1v) is 4.93. The van der Waals surface area contributed by atoms with E-state index < -0.39 is 11.6 Å². The molecule has 0 spiro atoms. The van der Waals surface area contributed by atoms with Crippen LogP contribution in [-0.2, 0) is 0 Å². The van der Waals surface area contributed by atoms with Gasteiger partial charge in [0.2, 0.25) is 0 Å². The zero-order valence-corrected chi connectivity index (χ0v) is 9.27. The third-order valence-corrected chi connectivity index (χ3v) is 1.98. The highest BCUT2D eigenvalue weighted by Gasteiger charge is 2.10. The highest BCUT2D eigenvalue weighted by atomic mass is 19.1. The minimum absolute atomic E-state index is 0.112. The van der Waals surface area contributed by atoms with Crippen molar-refractivity contribution in [2.75, 3.05) is 11.9 Å². The van der Waals surface area contributed by atoms with Crippen molar-refractivity contribution in [1.82, 2.24) is 4.98 Å². The Hall–Kier alpha value is -1.19. The largest absolute Gasteiger partial charge is 0.368 e. The molecule has 1 aromatic heterocycles. The highest BCUT2D eigenvalue weighted by molar-refractivity contribution is 5.35. The summed E-state index contributed by atoms with van der Waals surface area (Å²) >= 11 is 0. The lowest BCUT2D eigenvalue weighted by Crippen LogP contribution is -2.14. The van der Waals surface area contributed by atoms with Crippen molar-refractivity contribution < 1.29 is 8.78 Å². The van der Waals surface area contributed by atoms with E-state index in [4.69, 9.17) is 0 Å². The minimum atomic E-state index is -0.658. The molecule has 0 aliphatic carbocycles. The fourth-order valence-electron chi connectivity index (χ4n) is 1.10. The maximum atomic E-state index is 13.1. The number of anilines is 1. The first kappa shape index (κ1) is 11.9. The molecule has 1 rings (SSSR count). The van der Waals surface area contributed by atoms with Crippen LogP contribution < -0.4 is 5.32 Å². The van der Waals surface area contributed by atoms with Crippen LogP contribution in [0.25, 0.3) is 0 Å². The van der Waals surface area contributed by atoms with Crippen molar-refractivity contribution in [2.45, 2.75) is 27.2 Å². The molecule has 2 nitrogen and oxygen atoms in total. The molecular formula is C11H16F2N2. The predicted octanol–water partition coefficient (Wildman–Crippen LogP) is 3.21. The number of aromatic nitrogens is 1. The maximum Gasteiger partial charge on any atom is 0.168 e. The quantitative estimate of drug-likeness (QED) is 0.835. The van der Waals surface area contributed by atoms with E-state index >= 15 is 0 Å². The van der Waals surface area contributed by atoms with E-state index in [0.717, 1.165) is 18.7 Å². The van der Waals surface area contributed by atoms with Crippen LogP contribution in [0, 0.1) is 17.0 Å². The molecule has 1 N–H and O–H groups in total. The van der Waals surface area contributed by atoms with E-state index in [9.17, 15) is 8.78 Å². The summed E-state index contributed by atoms with van der Waals surface area (Å²) in [5, 5.41) is 2.84. The van der Waals surface area contributed by atoms with Gasteiger partial charge >= 0.3 is 0 Å². The molecule has 15 heavy (non-hydrogen) atoms. The zero-order valence-electron chi connectivity index (χ0n) is 9.27. The van der Waals surface area contributed by atoms with E-state index in [1.54, 1.807) is 0 Å². The molecule has 1 heterocycles. The van der Waals surface area contributed by atoms with E-state index in [2.05, 4.69) is 31.1 Å². The Morgan fingerprint density at radius 3 is 2.53 bits per heavy atom. The molecular weight excluding hydrogens is 198 g/mol. The lowest BCUT2D eigenvalue weighted by Gasteiger charge is -2.18. The highest BCUT2D eigenvalue weighted by Crippen LogP contribution is 2.19. The molecule has 0 radical (unpaired) electrons. The van der Waals surface area contributed by atoms with Gasteiger partial charge in [-0.2, -0.15) is 0 Å². The second-order valence-corrected chi connectivity index (χ2v) is 4.72. The number of nitrogens with zero attached hydrogens (tertiary/aromatic N) is 1. The maximum absolute atomic E-state index is 13.1. The van der Waals surface area contributed by atoms with E-state index in [-0.39, 0.29) is 11.2 Å².